The Labute approximate surface area is 203 Å². The second kappa shape index (κ2) is 11.3. The van der Waals surface area contributed by atoms with Gasteiger partial charge in [0.2, 0.25) is 5.91 Å². The van der Waals surface area contributed by atoms with Crippen LogP contribution in [-0.4, -0.2) is 83.8 Å². The van der Waals surface area contributed by atoms with Crippen LogP contribution in [0.3, 0.4) is 0 Å². The van der Waals surface area contributed by atoms with E-state index in [4.69, 9.17) is 40.9 Å². The van der Waals surface area contributed by atoms with Gasteiger partial charge in [0.1, 0.15) is 37.5 Å². The maximum atomic E-state index is 12.6. The number of aliphatic hydroxyl groups excluding tert-OH is 1. The molecule has 0 aromatic heterocycles. The van der Waals surface area contributed by atoms with Crippen molar-refractivity contribution in [3.05, 3.63) is 23.8 Å². The van der Waals surface area contributed by atoms with Crippen LogP contribution in [-0.2, 0) is 4.79 Å². The number of aliphatic hydroxyl groups is 1. The first-order valence-corrected chi connectivity index (χ1v) is 12.0. The van der Waals surface area contributed by atoms with Crippen molar-refractivity contribution in [3.8, 4) is 11.5 Å². The molecule has 2 aliphatic heterocycles. The Bertz CT molecular complexity index is 803. The van der Waals surface area contributed by atoms with Gasteiger partial charge in [0.25, 0.3) is 0 Å². The monoisotopic (exact) mass is 444 g/mol. The second-order valence-electron chi connectivity index (χ2n) is 9.29. The van der Waals surface area contributed by atoms with Gasteiger partial charge in [-0.15, -0.1) is 0 Å². The molecule has 0 spiro atoms. The first-order chi connectivity index (χ1) is 15.6. The minimum Gasteiger partial charge on any atom is -0.501 e. The van der Waals surface area contributed by atoms with Gasteiger partial charge >= 0.3 is 0 Å². The molecule has 8 radical (unpaired) electrons. The van der Waals surface area contributed by atoms with Gasteiger partial charge in [-0.25, -0.2) is 0 Å². The Morgan fingerprint density at radius 1 is 1.06 bits per heavy atom. The van der Waals surface area contributed by atoms with Crippen molar-refractivity contribution in [2.24, 2.45) is 0 Å². The number of hydrogen-bond acceptors (Lipinski definition) is 5. The van der Waals surface area contributed by atoms with Crippen molar-refractivity contribution >= 4 is 37.3 Å². The van der Waals surface area contributed by atoms with E-state index in [9.17, 15) is 9.90 Å². The zero-order valence-electron chi connectivity index (χ0n) is 19.6. The molecule has 2 aliphatic rings. The van der Waals surface area contributed by atoms with Crippen molar-refractivity contribution < 1.29 is 19.4 Å². The first-order valence-electron chi connectivity index (χ1n) is 12.0. The van der Waals surface area contributed by atoms with Crippen LogP contribution >= 0.6 is 0 Å². The molecular weight excluding hydrogens is 412 g/mol. The summed E-state index contributed by atoms with van der Waals surface area (Å²) in [4.78, 5) is 14.9. The number of hydrogen-bond donors (Lipinski definition) is 2. The minimum atomic E-state index is -1.95. The average Bonchev–Trinajstić information content (AvgIpc) is 3.26. The molecule has 3 rings (SSSR count). The summed E-state index contributed by atoms with van der Waals surface area (Å²) in [5, 5.41) is 10.4. The third kappa shape index (κ3) is 6.75. The topological polar surface area (TPSA) is 71.0 Å². The van der Waals surface area contributed by atoms with Gasteiger partial charge in [0, 0.05) is 23.8 Å². The fraction of sp³-hybridized carbons (Fsp3) is 0.696. The smallest absolute Gasteiger partial charge is 0.220 e. The zero-order valence-corrected chi connectivity index (χ0v) is 19.6. The maximum Gasteiger partial charge on any atom is 0.220 e. The summed E-state index contributed by atoms with van der Waals surface area (Å²) in [5.74, 6) is 0.450. The molecule has 2 atom stereocenters. The van der Waals surface area contributed by atoms with E-state index < -0.39 is 22.9 Å². The molecule has 1 amide bonds. The molecular formula is C23H32B4N2O4. The molecule has 1 aromatic rings. The second-order valence-corrected chi connectivity index (χ2v) is 9.29. The number of fused-ring (bicyclic) bond motifs is 1. The number of ether oxygens (including phenoxy) is 2. The lowest BCUT2D eigenvalue weighted by molar-refractivity contribution is -0.123. The van der Waals surface area contributed by atoms with E-state index in [1.807, 2.05) is 0 Å². The molecule has 33 heavy (non-hydrogen) atoms. The fourth-order valence-corrected chi connectivity index (χ4v) is 4.26. The van der Waals surface area contributed by atoms with Gasteiger partial charge < -0.3 is 24.8 Å². The van der Waals surface area contributed by atoms with Gasteiger partial charge in [-0.3, -0.25) is 4.79 Å². The van der Waals surface area contributed by atoms with Crippen molar-refractivity contribution in [3.63, 3.8) is 0 Å². The number of carbonyl (C=O) groups is 1. The Hall–Kier alpha value is -1.53. The van der Waals surface area contributed by atoms with Gasteiger partial charge in [0.05, 0.1) is 6.04 Å². The lowest BCUT2D eigenvalue weighted by Crippen LogP contribution is -2.65. The molecule has 0 aliphatic carbocycles. The third-order valence-electron chi connectivity index (χ3n) is 6.37. The molecule has 2 N–H and O–H groups in total. The molecule has 1 saturated heterocycles. The van der Waals surface area contributed by atoms with Gasteiger partial charge in [-0.05, 0) is 50.0 Å². The highest BCUT2D eigenvalue weighted by Crippen LogP contribution is 2.40. The number of amides is 1. The van der Waals surface area contributed by atoms with Crippen LogP contribution < -0.4 is 14.8 Å². The highest BCUT2D eigenvalue weighted by atomic mass is 16.6. The number of rotatable bonds is 11. The van der Waals surface area contributed by atoms with Crippen LogP contribution in [0.25, 0.3) is 0 Å². The molecule has 10 heteroatoms. The van der Waals surface area contributed by atoms with Crippen molar-refractivity contribution in [1.29, 1.82) is 0 Å². The maximum absolute atomic E-state index is 12.6. The molecule has 6 nitrogen and oxygen atoms in total. The number of nitrogens with one attached hydrogen (secondary N) is 1. The van der Waals surface area contributed by atoms with Crippen LogP contribution in [0.4, 0.5) is 0 Å². The SMILES string of the molecule is [B]C1([B])Oc2ccc([C@@H](O)[C@@H](CN3CCCC3)NC(=O)CCCCCCC)cc2OC1([B])[B]. The van der Waals surface area contributed by atoms with Crippen LogP contribution in [0.5, 0.6) is 11.5 Å². The number of carbonyl (C=O) groups excluding carboxylic acids is 1. The first kappa shape index (κ1) is 26.1. The quantitative estimate of drug-likeness (QED) is 0.400. The summed E-state index contributed by atoms with van der Waals surface area (Å²) in [6.45, 7) is 4.63. The summed E-state index contributed by atoms with van der Waals surface area (Å²) >= 11 is 0. The van der Waals surface area contributed by atoms with Crippen molar-refractivity contribution in [2.45, 2.75) is 81.2 Å². The number of unbranched alkanes of at least 4 members (excludes halogenated alkanes) is 4. The predicted molar refractivity (Wildman–Crippen MR) is 132 cm³/mol. The van der Waals surface area contributed by atoms with Crippen LogP contribution in [0.1, 0.15) is 70.0 Å². The van der Waals surface area contributed by atoms with E-state index in [0.29, 0.717) is 18.5 Å². The Morgan fingerprint density at radius 3 is 2.36 bits per heavy atom. The van der Waals surface area contributed by atoms with E-state index in [2.05, 4.69) is 17.1 Å². The minimum absolute atomic E-state index is 0.0498. The molecule has 0 unspecified atom stereocenters. The molecule has 1 aromatic carbocycles. The zero-order chi connectivity index (χ0) is 24.1. The van der Waals surface area contributed by atoms with Gasteiger partial charge in [-0.2, -0.15) is 0 Å². The molecule has 1 fully saturated rings. The number of benzene rings is 1. The van der Waals surface area contributed by atoms with Crippen molar-refractivity contribution in [1.82, 2.24) is 10.2 Å². The van der Waals surface area contributed by atoms with E-state index in [-0.39, 0.29) is 17.4 Å². The summed E-state index contributed by atoms with van der Waals surface area (Å²) in [7, 11) is 23.3. The Balaban J connectivity index is 1.70. The van der Waals surface area contributed by atoms with Crippen molar-refractivity contribution in [2.75, 3.05) is 19.6 Å². The predicted octanol–water partition coefficient (Wildman–Crippen LogP) is 1.41. The van der Waals surface area contributed by atoms with E-state index in [1.165, 1.54) is 12.8 Å². The highest BCUT2D eigenvalue weighted by Gasteiger charge is 2.43. The highest BCUT2D eigenvalue weighted by molar-refractivity contribution is 6.53. The fourth-order valence-electron chi connectivity index (χ4n) is 4.26. The normalized spacial score (nSPS) is 20.8. The van der Waals surface area contributed by atoms with E-state index in [0.717, 1.165) is 45.2 Å². The van der Waals surface area contributed by atoms with Crippen LogP contribution in [0.2, 0.25) is 0 Å². The average molecular weight is 444 g/mol. The van der Waals surface area contributed by atoms with Crippen LogP contribution in [0.15, 0.2) is 18.2 Å². The largest absolute Gasteiger partial charge is 0.501 e. The standard InChI is InChI=1S/C23H32B4N2O4/c1-2-3-4-5-6-9-20(30)28-17(15-29-12-7-8-13-29)21(31)16-10-11-18-19(14-16)33-23(26,27)22(24,25)32-18/h10-11,14,17,21,31H,2-9,12-13,15H2,1H3,(H,28,30)/t17-,21-/m1/s1. The van der Waals surface area contributed by atoms with Gasteiger partial charge in [-0.1, -0.05) is 38.7 Å². The lowest BCUT2D eigenvalue weighted by atomic mass is 9.41. The number of nitrogens with zero attached hydrogens (tertiary/aromatic N) is 1. The molecule has 0 bridgehead atoms. The summed E-state index contributed by atoms with van der Waals surface area (Å²) in [6, 6.07) is 4.41. The molecule has 2 heterocycles. The Kier molecular flexibility index (Phi) is 8.90. The lowest BCUT2D eigenvalue weighted by Gasteiger charge is -2.48. The van der Waals surface area contributed by atoms with E-state index in [1.54, 1.807) is 18.2 Å². The Morgan fingerprint density at radius 2 is 1.70 bits per heavy atom. The molecule has 170 valence electrons. The summed E-state index contributed by atoms with van der Waals surface area (Å²) in [6.07, 6.45) is 7.09. The van der Waals surface area contributed by atoms with Crippen LogP contribution in [0, 0.1) is 0 Å². The molecule has 0 saturated carbocycles. The van der Waals surface area contributed by atoms with E-state index >= 15 is 0 Å². The number of likely N-dealkylation sites (tertiary alicyclic amines) is 1. The van der Waals surface area contributed by atoms with Gasteiger partial charge in [0.15, 0.2) is 11.5 Å². The third-order valence-corrected chi connectivity index (χ3v) is 6.37. The summed E-state index contributed by atoms with van der Waals surface area (Å²) < 4.78 is 11.1. The summed E-state index contributed by atoms with van der Waals surface area (Å²) in [5.41, 5.74) is 0.544.